The fourth-order valence-electron chi connectivity index (χ4n) is 9.56. The molecule has 0 saturated carbocycles. The first-order valence-electron chi connectivity index (χ1n) is 20.8. The number of nitrogens with zero attached hydrogens (tertiary/aromatic N) is 1. The van der Waals surface area contributed by atoms with Crippen LogP contribution in [0, 0.1) is 0 Å². The highest BCUT2D eigenvalue weighted by molar-refractivity contribution is 5.99. The summed E-state index contributed by atoms with van der Waals surface area (Å²) in [6, 6.07) is 91.0. The standard InChI is InChI=1S/C59H41N/c1-5-16-42(17-6-1)44-28-30-46(31-29-44)47-32-33-49-41-53(39-36-48(49)40-47)60(52-37-34-45(35-38-52)43-18-7-2-8-19-43)57-27-15-26-56-58(57)54-24-13-14-25-55(54)59(56,50-20-9-3-10-21-50)51-22-11-4-12-23-51/h1-41H. The van der Waals surface area contributed by atoms with Crippen LogP contribution in [0.25, 0.3) is 55.3 Å². The topological polar surface area (TPSA) is 3.24 Å². The predicted molar refractivity (Wildman–Crippen MR) is 252 cm³/mol. The molecule has 0 bridgehead atoms. The molecule has 0 saturated heterocycles. The number of benzene rings is 10. The van der Waals surface area contributed by atoms with Gasteiger partial charge in [0.05, 0.1) is 11.1 Å². The van der Waals surface area contributed by atoms with Gasteiger partial charge in [0, 0.05) is 16.9 Å². The molecule has 0 amide bonds. The first kappa shape index (κ1) is 35.4. The minimum absolute atomic E-state index is 0.494. The van der Waals surface area contributed by atoms with Crippen LogP contribution in [0.4, 0.5) is 17.1 Å². The molecule has 0 radical (unpaired) electrons. The molecular formula is C59H41N. The number of hydrogen-bond acceptors (Lipinski definition) is 1. The maximum absolute atomic E-state index is 2.46. The fourth-order valence-corrected chi connectivity index (χ4v) is 9.56. The zero-order valence-electron chi connectivity index (χ0n) is 33.1. The SMILES string of the molecule is c1ccc(-c2ccc(-c3ccc4cc(N(c5ccc(-c6ccccc6)cc5)c5cccc6c5-c5ccccc5C6(c5ccccc5)c5ccccc5)ccc4c3)cc2)cc1. The highest BCUT2D eigenvalue weighted by atomic mass is 15.1. The maximum Gasteiger partial charge on any atom is 0.0714 e. The smallest absolute Gasteiger partial charge is 0.0714 e. The van der Waals surface area contributed by atoms with Gasteiger partial charge < -0.3 is 4.90 Å². The summed E-state index contributed by atoms with van der Waals surface area (Å²) in [7, 11) is 0. The Labute approximate surface area is 352 Å². The van der Waals surface area contributed by atoms with Crippen molar-refractivity contribution in [3.63, 3.8) is 0 Å². The Morgan fingerprint density at radius 3 is 1.33 bits per heavy atom. The predicted octanol–water partition coefficient (Wildman–Crippen LogP) is 15.7. The Morgan fingerprint density at radius 2 is 0.717 bits per heavy atom. The first-order valence-corrected chi connectivity index (χ1v) is 20.8. The minimum atomic E-state index is -0.494. The third-order valence-corrected chi connectivity index (χ3v) is 12.3. The highest BCUT2D eigenvalue weighted by Crippen LogP contribution is 2.59. The van der Waals surface area contributed by atoms with Crippen molar-refractivity contribution in [1.82, 2.24) is 0 Å². The van der Waals surface area contributed by atoms with Crippen LogP contribution in [0.5, 0.6) is 0 Å². The second-order valence-electron chi connectivity index (χ2n) is 15.7. The molecule has 11 rings (SSSR count). The molecule has 10 aromatic rings. The number of fused-ring (bicyclic) bond motifs is 4. The molecule has 0 fully saturated rings. The molecule has 1 nitrogen and oxygen atoms in total. The highest BCUT2D eigenvalue weighted by Gasteiger charge is 2.47. The Morgan fingerprint density at radius 1 is 0.283 bits per heavy atom. The van der Waals surface area contributed by atoms with Crippen molar-refractivity contribution >= 4 is 27.8 Å². The van der Waals surface area contributed by atoms with Gasteiger partial charge in [-0.1, -0.05) is 212 Å². The molecule has 0 unspecified atom stereocenters. The van der Waals surface area contributed by atoms with Gasteiger partial charge >= 0.3 is 0 Å². The Bertz CT molecular complexity index is 3060. The molecule has 0 spiro atoms. The third kappa shape index (κ3) is 5.94. The van der Waals surface area contributed by atoms with E-state index in [2.05, 4.69) is 254 Å². The van der Waals surface area contributed by atoms with Crippen molar-refractivity contribution < 1.29 is 0 Å². The summed E-state index contributed by atoms with van der Waals surface area (Å²) < 4.78 is 0. The van der Waals surface area contributed by atoms with E-state index in [0.29, 0.717) is 0 Å². The van der Waals surface area contributed by atoms with Crippen LogP contribution < -0.4 is 4.90 Å². The van der Waals surface area contributed by atoms with Gasteiger partial charge in [-0.3, -0.25) is 0 Å². The van der Waals surface area contributed by atoms with Crippen LogP contribution in [0.3, 0.4) is 0 Å². The average Bonchev–Trinajstić information content (AvgIpc) is 3.64. The van der Waals surface area contributed by atoms with Gasteiger partial charge in [0.1, 0.15) is 0 Å². The van der Waals surface area contributed by atoms with Crippen LogP contribution in [-0.2, 0) is 5.41 Å². The Hall–Kier alpha value is -7.74. The lowest BCUT2D eigenvalue weighted by Gasteiger charge is -2.34. The lowest BCUT2D eigenvalue weighted by atomic mass is 9.68. The second kappa shape index (κ2) is 14.9. The van der Waals surface area contributed by atoms with Gasteiger partial charge in [0.15, 0.2) is 0 Å². The zero-order valence-corrected chi connectivity index (χ0v) is 33.1. The van der Waals surface area contributed by atoms with Gasteiger partial charge in [-0.2, -0.15) is 0 Å². The fraction of sp³-hybridized carbons (Fsp3) is 0.0169. The maximum atomic E-state index is 2.46. The molecule has 60 heavy (non-hydrogen) atoms. The van der Waals surface area contributed by atoms with E-state index < -0.39 is 5.41 Å². The van der Waals surface area contributed by atoms with E-state index in [1.54, 1.807) is 0 Å². The van der Waals surface area contributed by atoms with Crippen molar-refractivity contribution in [3.05, 3.63) is 271 Å². The zero-order chi connectivity index (χ0) is 39.9. The molecule has 1 aliphatic rings. The van der Waals surface area contributed by atoms with Crippen molar-refractivity contribution in [2.45, 2.75) is 5.41 Å². The number of hydrogen-bond donors (Lipinski definition) is 0. The van der Waals surface area contributed by atoms with Crippen LogP contribution in [0.15, 0.2) is 249 Å². The Balaban J connectivity index is 1.08. The third-order valence-electron chi connectivity index (χ3n) is 12.3. The molecule has 0 aliphatic heterocycles. The molecular weight excluding hydrogens is 723 g/mol. The van der Waals surface area contributed by atoms with Crippen molar-refractivity contribution in [3.8, 4) is 44.5 Å². The van der Waals surface area contributed by atoms with Gasteiger partial charge in [-0.15, -0.1) is 0 Å². The minimum Gasteiger partial charge on any atom is -0.310 e. The molecule has 1 aliphatic carbocycles. The van der Waals surface area contributed by atoms with Gasteiger partial charge in [0.2, 0.25) is 0 Å². The van der Waals surface area contributed by atoms with Gasteiger partial charge in [0.25, 0.3) is 0 Å². The lowest BCUT2D eigenvalue weighted by molar-refractivity contribution is 0.768. The first-order chi connectivity index (χ1) is 29.8. The summed E-state index contributed by atoms with van der Waals surface area (Å²) in [5.74, 6) is 0. The molecule has 0 heterocycles. The van der Waals surface area contributed by atoms with Crippen molar-refractivity contribution in [2.75, 3.05) is 4.90 Å². The molecule has 1 heteroatoms. The monoisotopic (exact) mass is 763 g/mol. The Kier molecular flexibility index (Phi) is 8.79. The summed E-state index contributed by atoms with van der Waals surface area (Å²) in [5, 5.41) is 2.40. The average molecular weight is 764 g/mol. The summed E-state index contributed by atoms with van der Waals surface area (Å²) in [6.07, 6.45) is 0. The van der Waals surface area contributed by atoms with Gasteiger partial charge in [-0.25, -0.2) is 0 Å². The molecule has 282 valence electrons. The molecule has 0 atom stereocenters. The molecule has 10 aromatic carbocycles. The van der Waals surface area contributed by atoms with Crippen molar-refractivity contribution in [1.29, 1.82) is 0 Å². The van der Waals surface area contributed by atoms with Crippen LogP contribution in [0.2, 0.25) is 0 Å². The van der Waals surface area contributed by atoms with Crippen LogP contribution in [0.1, 0.15) is 22.3 Å². The van der Waals surface area contributed by atoms with Crippen LogP contribution in [-0.4, -0.2) is 0 Å². The summed E-state index contributed by atoms with van der Waals surface area (Å²) in [6.45, 7) is 0. The van der Waals surface area contributed by atoms with E-state index in [1.807, 2.05) is 0 Å². The van der Waals surface area contributed by atoms with E-state index in [1.165, 1.54) is 77.5 Å². The summed E-state index contributed by atoms with van der Waals surface area (Å²) in [5.41, 5.74) is 17.7. The van der Waals surface area contributed by atoms with Crippen LogP contribution >= 0.6 is 0 Å². The quantitative estimate of drug-likeness (QED) is 0.149. The lowest BCUT2D eigenvalue weighted by Crippen LogP contribution is -2.28. The second-order valence-corrected chi connectivity index (χ2v) is 15.7. The van der Waals surface area contributed by atoms with Crippen molar-refractivity contribution in [2.24, 2.45) is 0 Å². The summed E-state index contributed by atoms with van der Waals surface area (Å²) >= 11 is 0. The number of anilines is 3. The normalized spacial score (nSPS) is 12.5. The van der Waals surface area contributed by atoms with Gasteiger partial charge in [-0.05, 0) is 108 Å². The van der Waals surface area contributed by atoms with E-state index >= 15 is 0 Å². The number of rotatable bonds is 8. The van der Waals surface area contributed by atoms with E-state index in [9.17, 15) is 0 Å². The van der Waals surface area contributed by atoms with E-state index in [-0.39, 0.29) is 0 Å². The van der Waals surface area contributed by atoms with E-state index in [4.69, 9.17) is 0 Å². The summed E-state index contributed by atoms with van der Waals surface area (Å²) in [4.78, 5) is 2.46. The van der Waals surface area contributed by atoms with E-state index in [0.717, 1.165) is 17.1 Å². The largest absolute Gasteiger partial charge is 0.310 e. The molecule has 0 N–H and O–H groups in total. The molecule has 0 aromatic heterocycles.